The molecule has 140 valence electrons. The van der Waals surface area contributed by atoms with Gasteiger partial charge >= 0.3 is 0 Å². The number of halogens is 1. The van der Waals surface area contributed by atoms with Crippen LogP contribution in [0.25, 0.3) is 6.08 Å². The van der Waals surface area contributed by atoms with Crippen molar-refractivity contribution in [2.75, 3.05) is 11.4 Å². The highest BCUT2D eigenvalue weighted by molar-refractivity contribution is 9.10. The molecule has 0 aliphatic carbocycles. The second-order valence-corrected chi connectivity index (χ2v) is 7.30. The molecular weight excluding hydrogens is 418 g/mol. The molecule has 1 heterocycles. The van der Waals surface area contributed by atoms with Crippen molar-refractivity contribution < 1.29 is 14.7 Å². The van der Waals surface area contributed by atoms with Crippen LogP contribution in [0.3, 0.4) is 0 Å². The third-order valence-electron chi connectivity index (χ3n) is 4.45. The number of fused-ring (bicyclic) bond motifs is 1. The number of aliphatic hydroxyl groups is 1. The summed E-state index contributed by atoms with van der Waals surface area (Å²) in [6.45, 7) is 0.0274. The maximum Gasteiger partial charge on any atom is 0.265 e. The first-order chi connectivity index (χ1) is 13.5. The van der Waals surface area contributed by atoms with Crippen molar-refractivity contribution in [3.05, 3.63) is 82.4 Å². The zero-order valence-electron chi connectivity index (χ0n) is 15.0. The summed E-state index contributed by atoms with van der Waals surface area (Å²) in [5.74, 6) is 1.48. The number of ketones is 1. The first-order valence-electron chi connectivity index (χ1n) is 8.66. The molecule has 2 aromatic rings. The predicted octanol–water partition coefficient (Wildman–Crippen LogP) is 3.85. The van der Waals surface area contributed by atoms with E-state index in [1.807, 2.05) is 36.4 Å². The normalized spacial score (nSPS) is 18.6. The third kappa shape index (κ3) is 3.99. The Morgan fingerprint density at radius 3 is 2.68 bits per heavy atom. The zero-order valence-corrected chi connectivity index (χ0v) is 16.6. The van der Waals surface area contributed by atoms with Crippen LogP contribution in [-0.4, -0.2) is 23.3 Å². The number of amides is 1. The van der Waals surface area contributed by atoms with Crippen molar-refractivity contribution >= 4 is 39.4 Å². The van der Waals surface area contributed by atoms with Gasteiger partial charge in [-0.05, 0) is 29.8 Å². The summed E-state index contributed by atoms with van der Waals surface area (Å²) in [6, 6.07) is 14.8. The molecule has 0 saturated heterocycles. The second-order valence-electron chi connectivity index (χ2n) is 6.39. The Hall–Kier alpha value is -2.94. The van der Waals surface area contributed by atoms with E-state index in [4.69, 9.17) is 6.42 Å². The van der Waals surface area contributed by atoms with E-state index < -0.39 is 11.5 Å². The summed E-state index contributed by atoms with van der Waals surface area (Å²) in [6.07, 6.45) is 11.6. The summed E-state index contributed by atoms with van der Waals surface area (Å²) in [7, 11) is 0. The minimum absolute atomic E-state index is 0.0274. The fourth-order valence-electron chi connectivity index (χ4n) is 3.15. The van der Waals surface area contributed by atoms with Crippen molar-refractivity contribution in [1.82, 2.24) is 0 Å². The fraction of sp³-hybridized carbons (Fsp3) is 0.130. The van der Waals surface area contributed by atoms with Crippen LogP contribution in [-0.2, 0) is 15.2 Å². The lowest BCUT2D eigenvalue weighted by Crippen LogP contribution is -2.41. The number of anilines is 1. The molecule has 0 unspecified atom stereocenters. The highest BCUT2D eigenvalue weighted by atomic mass is 79.9. The second kappa shape index (κ2) is 8.39. The maximum absolute atomic E-state index is 12.8. The summed E-state index contributed by atoms with van der Waals surface area (Å²) in [5.41, 5.74) is -0.0217. The van der Waals surface area contributed by atoms with Gasteiger partial charge in [-0.15, -0.1) is 6.42 Å². The molecule has 0 saturated carbocycles. The van der Waals surface area contributed by atoms with Gasteiger partial charge < -0.3 is 5.11 Å². The predicted molar refractivity (Wildman–Crippen MR) is 113 cm³/mol. The van der Waals surface area contributed by atoms with Gasteiger partial charge in [-0.1, -0.05) is 70.4 Å². The van der Waals surface area contributed by atoms with Gasteiger partial charge in [0.15, 0.2) is 11.4 Å². The van der Waals surface area contributed by atoms with E-state index in [0.717, 1.165) is 5.56 Å². The van der Waals surface area contributed by atoms with Crippen molar-refractivity contribution in [3.63, 3.8) is 0 Å². The number of rotatable bonds is 6. The van der Waals surface area contributed by atoms with Gasteiger partial charge in [0.05, 0.1) is 18.7 Å². The molecule has 0 bridgehead atoms. The molecule has 2 aromatic carbocycles. The van der Waals surface area contributed by atoms with Crippen molar-refractivity contribution in [2.24, 2.45) is 0 Å². The number of hydrogen-bond donors (Lipinski definition) is 1. The largest absolute Gasteiger partial charge is 0.375 e. The molecule has 1 aliphatic rings. The minimum atomic E-state index is -1.93. The van der Waals surface area contributed by atoms with Crippen LogP contribution in [0, 0.1) is 12.3 Å². The van der Waals surface area contributed by atoms with Crippen LogP contribution < -0.4 is 4.90 Å². The van der Waals surface area contributed by atoms with Gasteiger partial charge in [0.25, 0.3) is 5.91 Å². The molecular formula is C23H18BrNO3. The molecule has 1 amide bonds. The van der Waals surface area contributed by atoms with Crippen LogP contribution in [0.4, 0.5) is 5.69 Å². The lowest BCUT2D eigenvalue weighted by atomic mass is 9.90. The molecule has 1 N–H and O–H groups in total. The molecule has 1 aliphatic heterocycles. The molecule has 4 nitrogen and oxygen atoms in total. The molecule has 0 fully saturated rings. The third-order valence-corrected chi connectivity index (χ3v) is 4.95. The van der Waals surface area contributed by atoms with Gasteiger partial charge in [0.2, 0.25) is 0 Å². The summed E-state index contributed by atoms with van der Waals surface area (Å²) < 4.78 is 0.703. The Morgan fingerprint density at radius 1 is 1.21 bits per heavy atom. The standard InChI is InChI=1S/C23H18BrNO3/c1-2-14-25-21-13-12-18(24)15-20(21)23(28,22(25)27)16-19(26)11-7-6-10-17-8-4-3-5-9-17/h1,3-13,15,28H,14,16H2/b10-6+,11-7+/t23-/m1/s1. The maximum atomic E-state index is 12.8. The van der Waals surface area contributed by atoms with Gasteiger partial charge in [-0.3, -0.25) is 14.5 Å². The quantitative estimate of drug-likeness (QED) is 0.425. The number of allylic oxidation sites excluding steroid dienone is 3. The first kappa shape index (κ1) is 19.8. The van der Waals surface area contributed by atoms with Crippen molar-refractivity contribution in [2.45, 2.75) is 12.0 Å². The summed E-state index contributed by atoms with van der Waals surface area (Å²) in [5, 5.41) is 11.1. The number of hydrogen-bond acceptors (Lipinski definition) is 3. The van der Waals surface area contributed by atoms with Crippen LogP contribution in [0.1, 0.15) is 17.5 Å². The van der Waals surface area contributed by atoms with E-state index >= 15 is 0 Å². The molecule has 0 aromatic heterocycles. The van der Waals surface area contributed by atoms with E-state index in [0.29, 0.717) is 15.7 Å². The van der Waals surface area contributed by atoms with Gasteiger partial charge in [0.1, 0.15) is 0 Å². The number of carbonyl (C=O) groups is 2. The number of nitrogens with zero attached hydrogens (tertiary/aromatic N) is 1. The highest BCUT2D eigenvalue weighted by Crippen LogP contribution is 2.43. The summed E-state index contributed by atoms with van der Waals surface area (Å²) in [4.78, 5) is 26.6. The SMILES string of the molecule is C#CCN1C(=O)[C@@](O)(CC(=O)/C=C/C=C/c2ccccc2)c2cc(Br)ccc21. The minimum Gasteiger partial charge on any atom is -0.375 e. The number of benzene rings is 2. The molecule has 5 heteroatoms. The Bertz CT molecular complexity index is 1000. The van der Waals surface area contributed by atoms with Crippen molar-refractivity contribution in [1.29, 1.82) is 0 Å². The molecule has 28 heavy (non-hydrogen) atoms. The smallest absolute Gasteiger partial charge is 0.265 e. The lowest BCUT2D eigenvalue weighted by Gasteiger charge is -2.21. The van der Waals surface area contributed by atoms with Crippen LogP contribution in [0.2, 0.25) is 0 Å². The van der Waals surface area contributed by atoms with E-state index in [9.17, 15) is 14.7 Å². The average molecular weight is 436 g/mol. The van der Waals surface area contributed by atoms with Crippen LogP contribution in [0.15, 0.2) is 71.2 Å². The fourth-order valence-corrected chi connectivity index (χ4v) is 3.51. The van der Waals surface area contributed by atoms with E-state index in [1.165, 1.54) is 11.0 Å². The highest BCUT2D eigenvalue weighted by Gasteiger charge is 2.50. The van der Waals surface area contributed by atoms with Crippen LogP contribution in [0.5, 0.6) is 0 Å². The van der Waals surface area contributed by atoms with Crippen LogP contribution >= 0.6 is 15.9 Å². The topological polar surface area (TPSA) is 57.6 Å². The Kier molecular flexibility index (Phi) is 5.93. The first-order valence-corrected chi connectivity index (χ1v) is 9.45. The molecule has 1 atom stereocenters. The number of terminal acetylenes is 1. The Balaban J connectivity index is 1.79. The molecule has 3 rings (SSSR count). The monoisotopic (exact) mass is 435 g/mol. The Labute approximate surface area is 172 Å². The van der Waals surface area contributed by atoms with Gasteiger partial charge in [-0.25, -0.2) is 0 Å². The van der Waals surface area contributed by atoms with E-state index in [1.54, 1.807) is 30.4 Å². The Morgan fingerprint density at radius 2 is 1.96 bits per heavy atom. The lowest BCUT2D eigenvalue weighted by molar-refractivity contribution is -0.140. The van der Waals surface area contributed by atoms with E-state index in [-0.39, 0.29) is 18.7 Å². The average Bonchev–Trinajstić information content (AvgIpc) is 2.88. The van der Waals surface area contributed by atoms with Crippen molar-refractivity contribution in [3.8, 4) is 12.3 Å². The summed E-state index contributed by atoms with van der Waals surface area (Å²) >= 11 is 3.35. The van der Waals surface area contributed by atoms with E-state index in [2.05, 4.69) is 21.9 Å². The zero-order chi connectivity index (χ0) is 20.1. The number of carbonyl (C=O) groups excluding carboxylic acids is 2. The molecule has 0 radical (unpaired) electrons. The van der Waals surface area contributed by atoms with Gasteiger partial charge in [-0.2, -0.15) is 0 Å². The molecule has 0 spiro atoms. The van der Waals surface area contributed by atoms with Gasteiger partial charge in [0, 0.05) is 10.0 Å².